The van der Waals surface area contributed by atoms with Crippen LogP contribution >= 0.6 is 11.3 Å². The summed E-state index contributed by atoms with van der Waals surface area (Å²) in [6, 6.07) is 8.55. The Morgan fingerprint density at radius 2 is 2.12 bits per heavy atom. The molecule has 1 amide bonds. The fourth-order valence-electron chi connectivity index (χ4n) is 3.33. The number of methoxy groups -OCH3 is 1. The number of rotatable bonds is 8. The van der Waals surface area contributed by atoms with Gasteiger partial charge in [-0.25, -0.2) is 13.8 Å². The average Bonchev–Trinajstić information content (AvgIpc) is 3.49. The van der Waals surface area contributed by atoms with Crippen LogP contribution in [-0.4, -0.2) is 37.3 Å². The largest absolute Gasteiger partial charge is 0.493 e. The third-order valence-corrected chi connectivity index (χ3v) is 5.95. The molecule has 0 aliphatic carbocycles. The van der Waals surface area contributed by atoms with E-state index >= 15 is 0 Å². The van der Waals surface area contributed by atoms with Crippen LogP contribution in [0.1, 0.15) is 28.9 Å². The molecule has 32 heavy (non-hydrogen) atoms. The number of hydrogen-bond donors (Lipinski definition) is 1. The van der Waals surface area contributed by atoms with E-state index in [4.69, 9.17) is 14.2 Å². The first-order valence-corrected chi connectivity index (χ1v) is 11.0. The summed E-state index contributed by atoms with van der Waals surface area (Å²) in [4.78, 5) is 16.8. The highest BCUT2D eigenvalue weighted by Crippen LogP contribution is 2.34. The predicted molar refractivity (Wildman–Crippen MR) is 116 cm³/mol. The minimum Gasteiger partial charge on any atom is -0.493 e. The summed E-state index contributed by atoms with van der Waals surface area (Å²) >= 11 is 1.34. The zero-order valence-electron chi connectivity index (χ0n) is 17.4. The number of halogens is 2. The lowest BCUT2D eigenvalue weighted by molar-refractivity contribution is 0.0854. The fourth-order valence-corrected chi connectivity index (χ4v) is 4.12. The molecule has 6 nitrogen and oxygen atoms in total. The molecule has 1 aliphatic rings. The number of nitrogens with zero attached hydrogens (tertiary/aromatic N) is 1. The van der Waals surface area contributed by atoms with Crippen LogP contribution in [-0.2, 0) is 11.3 Å². The standard InChI is InChI=1S/C23H22F2N2O4S/c1-29-21-9-14(5-7-20(21)31-12-15-4-6-16(24)10-18(15)25)23-27-19(13-32-23)22(28)26-11-17-3-2-8-30-17/h4-7,9-10,13,17H,2-3,8,11-12H2,1H3,(H,26,28). The topological polar surface area (TPSA) is 69.7 Å². The first-order valence-electron chi connectivity index (χ1n) is 10.1. The summed E-state index contributed by atoms with van der Waals surface area (Å²) in [6.45, 7) is 1.13. The number of nitrogens with one attached hydrogen (secondary N) is 1. The molecule has 0 bridgehead atoms. The maximum Gasteiger partial charge on any atom is 0.270 e. The summed E-state index contributed by atoms with van der Waals surface area (Å²) in [5.74, 6) is -0.711. The molecular weight excluding hydrogens is 438 g/mol. The zero-order valence-corrected chi connectivity index (χ0v) is 18.2. The molecule has 0 spiro atoms. The van der Waals surface area contributed by atoms with Gasteiger partial charge in [0.05, 0.1) is 13.2 Å². The van der Waals surface area contributed by atoms with Crippen molar-refractivity contribution in [3.05, 3.63) is 64.7 Å². The Kier molecular flexibility index (Phi) is 6.96. The molecule has 9 heteroatoms. The third kappa shape index (κ3) is 5.23. The Morgan fingerprint density at radius 1 is 1.25 bits per heavy atom. The van der Waals surface area contributed by atoms with E-state index in [-0.39, 0.29) is 24.2 Å². The summed E-state index contributed by atoms with van der Waals surface area (Å²) in [7, 11) is 1.50. The second-order valence-electron chi connectivity index (χ2n) is 7.27. The van der Waals surface area contributed by atoms with E-state index in [1.807, 2.05) is 0 Å². The van der Waals surface area contributed by atoms with Crippen LogP contribution in [0.15, 0.2) is 41.8 Å². The van der Waals surface area contributed by atoms with Gasteiger partial charge < -0.3 is 19.5 Å². The van der Waals surface area contributed by atoms with Gasteiger partial charge in [-0.05, 0) is 43.2 Å². The Morgan fingerprint density at radius 3 is 2.88 bits per heavy atom. The molecule has 2 aromatic carbocycles. The van der Waals surface area contributed by atoms with Gasteiger partial charge in [0.1, 0.15) is 28.9 Å². The van der Waals surface area contributed by atoms with Crippen molar-refractivity contribution in [2.75, 3.05) is 20.3 Å². The summed E-state index contributed by atoms with van der Waals surface area (Å²) < 4.78 is 43.5. The van der Waals surface area contributed by atoms with E-state index in [9.17, 15) is 13.6 Å². The molecular formula is C23H22F2N2O4S. The minimum absolute atomic E-state index is 0.0669. The van der Waals surface area contributed by atoms with E-state index in [1.54, 1.807) is 23.6 Å². The Balaban J connectivity index is 1.42. The molecule has 1 N–H and O–H groups in total. The molecule has 2 heterocycles. The quantitative estimate of drug-likeness (QED) is 0.533. The van der Waals surface area contributed by atoms with Crippen LogP contribution in [0.25, 0.3) is 10.6 Å². The van der Waals surface area contributed by atoms with Crippen molar-refractivity contribution in [1.82, 2.24) is 10.3 Å². The molecule has 4 rings (SSSR count). The molecule has 1 atom stereocenters. The van der Waals surface area contributed by atoms with Gasteiger partial charge in [0.2, 0.25) is 0 Å². The van der Waals surface area contributed by atoms with E-state index in [2.05, 4.69) is 10.3 Å². The van der Waals surface area contributed by atoms with Crippen LogP contribution in [0.5, 0.6) is 11.5 Å². The van der Waals surface area contributed by atoms with Gasteiger partial charge in [0.15, 0.2) is 11.5 Å². The Hall–Kier alpha value is -3.04. The van der Waals surface area contributed by atoms with Crippen molar-refractivity contribution in [3.8, 4) is 22.1 Å². The van der Waals surface area contributed by atoms with E-state index in [1.165, 1.54) is 30.6 Å². The lowest BCUT2D eigenvalue weighted by Gasteiger charge is -2.12. The minimum atomic E-state index is -0.673. The van der Waals surface area contributed by atoms with E-state index in [0.29, 0.717) is 28.7 Å². The summed E-state index contributed by atoms with van der Waals surface area (Å²) in [6.07, 6.45) is 2.03. The smallest absolute Gasteiger partial charge is 0.270 e. The monoisotopic (exact) mass is 460 g/mol. The van der Waals surface area contributed by atoms with Gasteiger partial charge in [0, 0.05) is 35.7 Å². The normalized spacial score (nSPS) is 15.5. The van der Waals surface area contributed by atoms with Gasteiger partial charge >= 0.3 is 0 Å². The number of hydrogen-bond acceptors (Lipinski definition) is 6. The van der Waals surface area contributed by atoms with Gasteiger partial charge in [-0.3, -0.25) is 4.79 Å². The van der Waals surface area contributed by atoms with Crippen molar-refractivity contribution in [2.24, 2.45) is 0 Å². The molecule has 1 saturated heterocycles. The van der Waals surface area contributed by atoms with Crippen molar-refractivity contribution in [3.63, 3.8) is 0 Å². The third-order valence-electron chi connectivity index (χ3n) is 5.06. The number of benzene rings is 2. The van der Waals surface area contributed by atoms with E-state index in [0.717, 1.165) is 31.1 Å². The summed E-state index contributed by atoms with van der Waals surface area (Å²) in [5.41, 5.74) is 1.33. The van der Waals surface area contributed by atoms with Gasteiger partial charge in [0.25, 0.3) is 5.91 Å². The summed E-state index contributed by atoms with van der Waals surface area (Å²) in [5, 5.41) is 5.22. The second kappa shape index (κ2) is 10.1. The number of ether oxygens (including phenoxy) is 3. The SMILES string of the molecule is COc1cc(-c2nc(C(=O)NCC3CCCO3)cs2)ccc1OCc1ccc(F)cc1F. The van der Waals surface area contributed by atoms with Crippen molar-refractivity contribution < 1.29 is 27.8 Å². The van der Waals surface area contributed by atoms with Crippen LogP contribution in [0.4, 0.5) is 8.78 Å². The molecule has 168 valence electrons. The van der Waals surface area contributed by atoms with Gasteiger partial charge in [-0.15, -0.1) is 11.3 Å². The zero-order chi connectivity index (χ0) is 22.5. The van der Waals surface area contributed by atoms with Gasteiger partial charge in [-0.1, -0.05) is 0 Å². The molecule has 3 aromatic rings. The highest BCUT2D eigenvalue weighted by Gasteiger charge is 2.18. The second-order valence-corrected chi connectivity index (χ2v) is 8.13. The first kappa shape index (κ1) is 22.2. The number of aromatic nitrogens is 1. The molecule has 0 saturated carbocycles. The number of thiazole rings is 1. The van der Waals surface area contributed by atoms with E-state index < -0.39 is 11.6 Å². The predicted octanol–water partition coefficient (Wildman–Crippen LogP) is 4.58. The molecule has 1 fully saturated rings. The van der Waals surface area contributed by atoms with Crippen molar-refractivity contribution in [2.45, 2.75) is 25.6 Å². The molecule has 1 aromatic heterocycles. The maximum absolute atomic E-state index is 13.8. The lowest BCUT2D eigenvalue weighted by Crippen LogP contribution is -2.31. The highest BCUT2D eigenvalue weighted by molar-refractivity contribution is 7.13. The number of carbonyl (C=O) groups is 1. The number of carbonyl (C=O) groups excluding carboxylic acids is 1. The van der Waals surface area contributed by atoms with Crippen LogP contribution in [0.2, 0.25) is 0 Å². The average molecular weight is 461 g/mol. The van der Waals surface area contributed by atoms with Crippen molar-refractivity contribution >= 4 is 17.2 Å². The molecule has 1 unspecified atom stereocenters. The Bertz CT molecular complexity index is 1100. The molecule has 1 aliphatic heterocycles. The number of amides is 1. The maximum atomic E-state index is 13.8. The molecule has 0 radical (unpaired) electrons. The lowest BCUT2D eigenvalue weighted by atomic mass is 10.2. The Labute approximate surface area is 188 Å². The highest BCUT2D eigenvalue weighted by atomic mass is 32.1. The first-order chi connectivity index (χ1) is 15.5. The van der Waals surface area contributed by atoms with Crippen molar-refractivity contribution in [1.29, 1.82) is 0 Å². The van der Waals surface area contributed by atoms with Crippen LogP contribution < -0.4 is 14.8 Å². The fraction of sp³-hybridized carbons (Fsp3) is 0.304. The van der Waals surface area contributed by atoms with Crippen LogP contribution in [0.3, 0.4) is 0 Å². The van der Waals surface area contributed by atoms with Crippen LogP contribution in [0, 0.1) is 11.6 Å². The van der Waals surface area contributed by atoms with Gasteiger partial charge in [-0.2, -0.15) is 0 Å².